The second kappa shape index (κ2) is 9.63. The van der Waals surface area contributed by atoms with Crippen LogP contribution >= 0.6 is 11.6 Å². The summed E-state index contributed by atoms with van der Waals surface area (Å²) in [4.78, 5) is 17.1. The van der Waals surface area contributed by atoms with E-state index < -0.39 is 40.5 Å². The molecule has 234 valence electrons. The van der Waals surface area contributed by atoms with Crippen molar-refractivity contribution in [3.05, 3.63) is 28.0 Å². The number of rotatable bonds is 4. The zero-order valence-corrected chi connectivity index (χ0v) is 24.4. The summed E-state index contributed by atoms with van der Waals surface area (Å²) < 4.78 is 86.5. The van der Waals surface area contributed by atoms with Crippen molar-refractivity contribution in [2.75, 3.05) is 43.5 Å². The molecule has 0 saturated carbocycles. The number of aromatic nitrogens is 3. The van der Waals surface area contributed by atoms with Crippen molar-refractivity contribution in [2.24, 2.45) is 0 Å². The molecule has 2 bridgehead atoms. The van der Waals surface area contributed by atoms with E-state index in [1.54, 1.807) is 0 Å². The largest absolute Gasteiger partial charge is 0.489 e. The van der Waals surface area contributed by atoms with Gasteiger partial charge >= 0.3 is 12.2 Å². The summed E-state index contributed by atoms with van der Waals surface area (Å²) in [6, 6.07) is 0.927. The Balaban J connectivity index is 1.34. The lowest BCUT2D eigenvalue weighted by Crippen LogP contribution is -2.60. The van der Waals surface area contributed by atoms with Crippen LogP contribution in [0.25, 0.3) is 22.2 Å². The Labute approximate surface area is 253 Å². The van der Waals surface area contributed by atoms with Gasteiger partial charge in [0.15, 0.2) is 11.6 Å². The van der Waals surface area contributed by atoms with Crippen molar-refractivity contribution in [1.82, 2.24) is 25.2 Å². The van der Waals surface area contributed by atoms with Gasteiger partial charge in [0, 0.05) is 38.1 Å². The van der Waals surface area contributed by atoms with Gasteiger partial charge in [0.1, 0.15) is 36.5 Å². The van der Waals surface area contributed by atoms with Crippen molar-refractivity contribution in [1.29, 1.82) is 0 Å². The molecule has 7 heterocycles. The first-order valence-corrected chi connectivity index (χ1v) is 15.1. The van der Waals surface area contributed by atoms with Crippen molar-refractivity contribution >= 4 is 34.1 Å². The maximum absolute atomic E-state index is 16.8. The minimum Gasteiger partial charge on any atom is -0.489 e. The highest BCUT2D eigenvalue weighted by Crippen LogP contribution is 2.51. The Morgan fingerprint density at radius 3 is 2.77 bits per heavy atom. The average Bonchev–Trinajstić information content (AvgIpc) is 3.36. The fraction of sp³-hybridized carbons (Fsp3) is 0.552. The zero-order chi connectivity index (χ0) is 30.7. The molecule has 8 rings (SSSR count). The van der Waals surface area contributed by atoms with Gasteiger partial charge < -0.3 is 25.4 Å². The highest BCUT2D eigenvalue weighted by atomic mass is 35.5. The number of piperazine rings is 1. The summed E-state index contributed by atoms with van der Waals surface area (Å²) in [5.41, 5.74) is 2.29. The molecule has 15 heteroatoms. The molecule has 5 aliphatic heterocycles. The monoisotopic (exact) mass is 637 g/mol. The molecule has 2 aromatic heterocycles. The van der Waals surface area contributed by atoms with E-state index in [-0.39, 0.29) is 70.4 Å². The molecule has 5 unspecified atom stereocenters. The molecule has 3 N–H and O–H groups in total. The molecule has 4 saturated heterocycles. The molecule has 9 nitrogen and oxygen atoms in total. The van der Waals surface area contributed by atoms with Crippen LogP contribution in [0.4, 0.5) is 33.6 Å². The van der Waals surface area contributed by atoms with Crippen LogP contribution in [0.1, 0.15) is 36.8 Å². The number of anilines is 2. The number of nitrogens with zero attached hydrogens (tertiary/aromatic N) is 5. The summed E-state index contributed by atoms with van der Waals surface area (Å²) >= 11 is 6.78. The Bertz CT molecular complexity index is 1710. The predicted octanol–water partition coefficient (Wildman–Crippen LogP) is 4.66. The Kier molecular flexibility index (Phi) is 6.19. The molecule has 44 heavy (non-hydrogen) atoms. The molecule has 0 spiro atoms. The van der Waals surface area contributed by atoms with Crippen LogP contribution in [0, 0.1) is 12.7 Å². The molecule has 5 atom stereocenters. The second-order valence-corrected chi connectivity index (χ2v) is 12.9. The van der Waals surface area contributed by atoms with Gasteiger partial charge in [0.2, 0.25) is 0 Å². The summed E-state index contributed by atoms with van der Waals surface area (Å²) in [5, 5.41) is 3.35. The number of hydrogen-bond donors (Lipinski definition) is 2. The zero-order valence-electron chi connectivity index (χ0n) is 23.6. The van der Waals surface area contributed by atoms with E-state index in [4.69, 9.17) is 31.8 Å². The van der Waals surface area contributed by atoms with Crippen LogP contribution in [0.15, 0.2) is 6.07 Å². The number of pyridine rings is 1. The SMILES string of the molecule is Cc1cc(N)nc(-c2c(Cl)c3c4c(nc(OCC56CCN5CC(F)C6)nc4c2F)N2CC4CCC(N4)C2CO3)c1C(F)(F)F. The van der Waals surface area contributed by atoms with E-state index in [2.05, 4.69) is 15.3 Å². The molecule has 5 aliphatic rings. The average molecular weight is 638 g/mol. The van der Waals surface area contributed by atoms with E-state index in [1.165, 1.54) is 6.92 Å². The van der Waals surface area contributed by atoms with Crippen LogP contribution in [0.2, 0.25) is 5.02 Å². The predicted molar refractivity (Wildman–Crippen MR) is 152 cm³/mol. The molecular formula is C29H29ClF5N7O2. The Hall–Kier alpha value is -3.23. The van der Waals surface area contributed by atoms with Crippen molar-refractivity contribution in [3.8, 4) is 23.0 Å². The van der Waals surface area contributed by atoms with E-state index >= 15 is 4.39 Å². The lowest BCUT2D eigenvalue weighted by Gasteiger charge is -2.47. The first-order chi connectivity index (χ1) is 20.9. The summed E-state index contributed by atoms with van der Waals surface area (Å²) in [6.07, 6.45) is -2.98. The van der Waals surface area contributed by atoms with Crippen molar-refractivity contribution in [2.45, 2.75) is 68.6 Å². The van der Waals surface area contributed by atoms with Crippen molar-refractivity contribution in [3.63, 3.8) is 0 Å². The lowest BCUT2D eigenvalue weighted by molar-refractivity contribution is -0.137. The molecule has 3 aromatic rings. The van der Waals surface area contributed by atoms with Gasteiger partial charge in [-0.15, -0.1) is 0 Å². The fourth-order valence-electron chi connectivity index (χ4n) is 7.83. The normalized spacial score (nSPS) is 29.2. The van der Waals surface area contributed by atoms with Crippen LogP contribution in [0.3, 0.4) is 0 Å². The third-order valence-corrected chi connectivity index (χ3v) is 10.3. The minimum atomic E-state index is -4.89. The summed E-state index contributed by atoms with van der Waals surface area (Å²) in [6.45, 7) is 3.07. The second-order valence-electron chi connectivity index (χ2n) is 12.6. The Morgan fingerprint density at radius 1 is 1.23 bits per heavy atom. The molecule has 0 aliphatic carbocycles. The van der Waals surface area contributed by atoms with E-state index in [9.17, 15) is 17.6 Å². The third kappa shape index (κ3) is 4.13. The van der Waals surface area contributed by atoms with E-state index in [1.807, 2.05) is 9.80 Å². The van der Waals surface area contributed by atoms with Gasteiger partial charge in [0.05, 0.1) is 38.8 Å². The van der Waals surface area contributed by atoms with Gasteiger partial charge in [-0.2, -0.15) is 23.1 Å². The minimum absolute atomic E-state index is 0.0280. The lowest BCUT2D eigenvalue weighted by atomic mass is 9.86. The fourth-order valence-corrected chi connectivity index (χ4v) is 8.15. The van der Waals surface area contributed by atoms with Crippen LogP contribution < -0.4 is 25.4 Å². The molecular weight excluding hydrogens is 609 g/mol. The van der Waals surface area contributed by atoms with Gasteiger partial charge in [-0.05, 0) is 37.8 Å². The van der Waals surface area contributed by atoms with Crippen molar-refractivity contribution < 1.29 is 31.4 Å². The number of nitrogens with two attached hydrogens (primary N) is 1. The first-order valence-electron chi connectivity index (χ1n) is 14.7. The number of benzene rings is 1. The number of alkyl halides is 4. The topological polar surface area (TPSA) is 102 Å². The highest BCUT2D eigenvalue weighted by molar-refractivity contribution is 6.36. The number of nitrogens with one attached hydrogen (secondary N) is 1. The number of ether oxygens (including phenoxy) is 2. The molecule has 1 aromatic carbocycles. The summed E-state index contributed by atoms with van der Waals surface area (Å²) in [5.74, 6) is -1.05. The number of fused-ring (bicyclic) bond motifs is 6. The quantitative estimate of drug-likeness (QED) is 0.396. The van der Waals surface area contributed by atoms with E-state index in [0.29, 0.717) is 25.3 Å². The third-order valence-electron chi connectivity index (χ3n) is 9.94. The maximum Gasteiger partial charge on any atom is 0.418 e. The van der Waals surface area contributed by atoms with Gasteiger partial charge in [-0.3, -0.25) is 4.90 Å². The number of aryl methyl sites for hydroxylation is 1. The Morgan fingerprint density at radius 2 is 2.05 bits per heavy atom. The number of nitrogen functional groups attached to an aromatic ring is 1. The van der Waals surface area contributed by atoms with Gasteiger partial charge in [-0.25, -0.2) is 13.8 Å². The molecule has 0 amide bonds. The number of hydrogen-bond acceptors (Lipinski definition) is 9. The highest BCUT2D eigenvalue weighted by Gasteiger charge is 2.53. The van der Waals surface area contributed by atoms with Crippen LogP contribution in [-0.4, -0.2) is 82.5 Å². The number of halogens is 6. The molecule has 4 fully saturated rings. The van der Waals surface area contributed by atoms with E-state index in [0.717, 1.165) is 31.9 Å². The summed E-state index contributed by atoms with van der Waals surface area (Å²) in [7, 11) is 0. The van der Waals surface area contributed by atoms with Gasteiger partial charge in [0.25, 0.3) is 0 Å². The van der Waals surface area contributed by atoms with Crippen LogP contribution in [-0.2, 0) is 6.18 Å². The maximum atomic E-state index is 16.8. The van der Waals surface area contributed by atoms with Gasteiger partial charge in [-0.1, -0.05) is 11.6 Å². The molecule has 0 radical (unpaired) electrons. The standard InChI is InChI=1S/C29H29ClF5N7O2/c1-12-6-17(36)38-23(20(12)29(33,34)35)18-21(30)25-19-24(22(18)32)39-27(44-11-28-4-5-41(28)8-13(31)7-28)40-26(19)42-9-14-2-3-15(37-14)16(42)10-43-25/h6,13-16,37H,2-5,7-11H2,1H3,(H2,36,38). The smallest absolute Gasteiger partial charge is 0.418 e. The first kappa shape index (κ1) is 28.3. The van der Waals surface area contributed by atoms with Crippen LogP contribution in [0.5, 0.6) is 11.8 Å².